The molecule has 166 valence electrons. The highest BCUT2D eigenvalue weighted by molar-refractivity contribution is 5.91. The maximum absolute atomic E-state index is 12.9. The minimum atomic E-state index is -0.784. The van der Waals surface area contributed by atoms with Gasteiger partial charge < -0.3 is 15.2 Å². The van der Waals surface area contributed by atoms with Gasteiger partial charge in [-0.15, -0.1) is 0 Å². The van der Waals surface area contributed by atoms with Crippen LogP contribution in [0.1, 0.15) is 36.5 Å². The maximum Gasteiger partial charge on any atom is 0.433 e. The third-order valence-electron chi connectivity index (χ3n) is 4.75. The summed E-state index contributed by atoms with van der Waals surface area (Å²) in [5, 5.41) is 1.03. The maximum atomic E-state index is 12.9. The summed E-state index contributed by atoms with van der Waals surface area (Å²) in [6, 6.07) is 23.6. The van der Waals surface area contributed by atoms with Gasteiger partial charge >= 0.3 is 12.2 Å². The number of benzene rings is 3. The van der Waals surface area contributed by atoms with E-state index in [4.69, 9.17) is 15.2 Å². The number of carbonyl (C=O) groups is 2. The predicted octanol–water partition coefficient (Wildman–Crippen LogP) is 5.38. The van der Waals surface area contributed by atoms with Gasteiger partial charge in [-0.1, -0.05) is 74.5 Å². The molecule has 0 unspecified atom stereocenters. The number of hydrogen-bond acceptors (Lipinski definition) is 5. The van der Waals surface area contributed by atoms with Gasteiger partial charge in [0.05, 0.1) is 5.69 Å². The number of hydrogen-bond donors (Lipinski definition) is 2. The van der Waals surface area contributed by atoms with Crippen molar-refractivity contribution in [2.45, 2.75) is 33.0 Å². The molecule has 3 N–H and O–H groups in total. The molecule has 2 amide bonds. The summed E-state index contributed by atoms with van der Waals surface area (Å²) in [6.07, 6.45) is -1.53. The van der Waals surface area contributed by atoms with Crippen LogP contribution < -0.4 is 16.2 Å². The van der Waals surface area contributed by atoms with E-state index in [-0.39, 0.29) is 19.1 Å². The van der Waals surface area contributed by atoms with Crippen molar-refractivity contribution in [2.24, 2.45) is 0 Å². The summed E-state index contributed by atoms with van der Waals surface area (Å²) >= 11 is 0. The summed E-state index contributed by atoms with van der Waals surface area (Å²) in [5.74, 6) is 0.127. The highest BCUT2D eigenvalue weighted by Gasteiger charge is 2.22. The smallest absolute Gasteiger partial charge is 0.433 e. The zero-order chi connectivity index (χ0) is 22.9. The molecule has 7 nitrogen and oxygen atoms in total. The van der Waals surface area contributed by atoms with Gasteiger partial charge in [0.1, 0.15) is 13.2 Å². The zero-order valence-electron chi connectivity index (χ0n) is 18.2. The second kappa shape index (κ2) is 10.9. The summed E-state index contributed by atoms with van der Waals surface area (Å²) in [5.41, 5.74) is 12.1. The molecule has 0 saturated carbocycles. The van der Waals surface area contributed by atoms with Crippen molar-refractivity contribution >= 4 is 23.6 Å². The first kappa shape index (κ1) is 22.7. The van der Waals surface area contributed by atoms with Gasteiger partial charge in [-0.2, -0.15) is 5.01 Å². The number of nitrogen functional groups attached to an aromatic ring is 1. The van der Waals surface area contributed by atoms with Crippen LogP contribution in [0.2, 0.25) is 0 Å². The van der Waals surface area contributed by atoms with Gasteiger partial charge in [-0.25, -0.2) is 15.0 Å². The molecular formula is C25H27N3O4. The van der Waals surface area contributed by atoms with Gasteiger partial charge in [0, 0.05) is 5.69 Å². The Bertz CT molecular complexity index is 1040. The van der Waals surface area contributed by atoms with E-state index in [9.17, 15) is 9.59 Å². The number of rotatable bonds is 6. The Balaban J connectivity index is 1.76. The molecule has 3 rings (SSSR count). The predicted molar refractivity (Wildman–Crippen MR) is 124 cm³/mol. The number of nitrogens with two attached hydrogens (primary N) is 1. The first-order valence-electron chi connectivity index (χ1n) is 10.3. The highest BCUT2D eigenvalue weighted by Crippen LogP contribution is 2.27. The van der Waals surface area contributed by atoms with E-state index in [2.05, 4.69) is 5.43 Å². The lowest BCUT2D eigenvalue weighted by atomic mass is 10.0. The topological polar surface area (TPSA) is 93.9 Å². The van der Waals surface area contributed by atoms with Crippen LogP contribution in [-0.2, 0) is 22.7 Å². The summed E-state index contributed by atoms with van der Waals surface area (Å²) in [4.78, 5) is 25.4. The van der Waals surface area contributed by atoms with Crippen molar-refractivity contribution in [2.75, 3.05) is 10.7 Å². The van der Waals surface area contributed by atoms with Crippen LogP contribution in [0.3, 0.4) is 0 Å². The number of anilines is 2. The molecule has 0 aliphatic rings. The molecular weight excluding hydrogens is 406 g/mol. The Morgan fingerprint density at radius 1 is 0.875 bits per heavy atom. The van der Waals surface area contributed by atoms with Gasteiger partial charge in [0.25, 0.3) is 0 Å². The van der Waals surface area contributed by atoms with Gasteiger partial charge in [0.15, 0.2) is 0 Å². The molecule has 3 aromatic rings. The van der Waals surface area contributed by atoms with E-state index in [0.717, 1.165) is 21.7 Å². The molecule has 3 aromatic carbocycles. The van der Waals surface area contributed by atoms with Crippen molar-refractivity contribution < 1.29 is 19.1 Å². The second-order valence-corrected chi connectivity index (χ2v) is 7.52. The molecule has 0 aliphatic carbocycles. The average molecular weight is 434 g/mol. The lowest BCUT2D eigenvalue weighted by Crippen LogP contribution is -2.47. The average Bonchev–Trinajstić information content (AvgIpc) is 2.81. The first-order chi connectivity index (χ1) is 15.4. The molecule has 0 radical (unpaired) electrons. The molecule has 0 aromatic heterocycles. The van der Waals surface area contributed by atoms with Crippen molar-refractivity contribution in [1.82, 2.24) is 5.43 Å². The molecule has 0 aliphatic heterocycles. The van der Waals surface area contributed by atoms with Crippen LogP contribution >= 0.6 is 0 Å². The summed E-state index contributed by atoms with van der Waals surface area (Å²) < 4.78 is 10.7. The summed E-state index contributed by atoms with van der Waals surface area (Å²) in [7, 11) is 0. The standard InChI is InChI=1S/C25H27N3O4/c1-18(2)22-15-21(13-14-23(22)26)28(25(30)32-17-20-11-7-4-8-12-20)27-24(29)31-16-19-9-5-3-6-10-19/h3-15,18H,16-17,26H2,1-2H3,(H,27,29). The molecule has 32 heavy (non-hydrogen) atoms. The molecule has 7 heteroatoms. The van der Waals surface area contributed by atoms with E-state index in [1.54, 1.807) is 18.2 Å². The fraction of sp³-hybridized carbons (Fsp3) is 0.200. The van der Waals surface area contributed by atoms with E-state index in [0.29, 0.717) is 11.4 Å². The third kappa shape index (κ3) is 6.25. The van der Waals surface area contributed by atoms with Crippen LogP contribution in [0.4, 0.5) is 21.0 Å². The number of carbonyl (C=O) groups excluding carboxylic acids is 2. The Morgan fingerprint density at radius 3 is 2.00 bits per heavy atom. The number of nitrogens with one attached hydrogen (secondary N) is 1. The lowest BCUT2D eigenvalue weighted by molar-refractivity contribution is 0.126. The zero-order valence-corrected chi connectivity index (χ0v) is 18.2. The van der Waals surface area contributed by atoms with Crippen molar-refractivity contribution in [3.63, 3.8) is 0 Å². The monoisotopic (exact) mass is 433 g/mol. The lowest BCUT2D eigenvalue weighted by Gasteiger charge is -2.24. The van der Waals surface area contributed by atoms with Crippen molar-refractivity contribution in [3.05, 3.63) is 95.6 Å². The SMILES string of the molecule is CC(C)c1cc(N(NC(=O)OCc2ccccc2)C(=O)OCc2ccccc2)ccc1N. The van der Waals surface area contributed by atoms with Gasteiger partial charge in [-0.3, -0.25) is 0 Å². The molecule has 0 heterocycles. The highest BCUT2D eigenvalue weighted by atomic mass is 16.6. The summed E-state index contributed by atoms with van der Waals surface area (Å²) in [6.45, 7) is 4.12. The fourth-order valence-corrected chi connectivity index (χ4v) is 3.05. The largest absolute Gasteiger partial charge is 0.443 e. The quantitative estimate of drug-likeness (QED) is 0.402. The van der Waals surface area contributed by atoms with Crippen LogP contribution in [0.5, 0.6) is 0 Å². The van der Waals surface area contributed by atoms with E-state index < -0.39 is 12.2 Å². The van der Waals surface area contributed by atoms with Crippen molar-refractivity contribution in [1.29, 1.82) is 0 Å². The molecule has 0 spiro atoms. The van der Waals surface area contributed by atoms with E-state index in [1.807, 2.05) is 74.5 Å². The van der Waals surface area contributed by atoms with Gasteiger partial charge in [0.2, 0.25) is 0 Å². The Labute approximate surface area is 187 Å². The van der Waals surface area contributed by atoms with Gasteiger partial charge in [-0.05, 0) is 40.8 Å². The van der Waals surface area contributed by atoms with Crippen LogP contribution in [0.25, 0.3) is 0 Å². The van der Waals surface area contributed by atoms with E-state index >= 15 is 0 Å². The third-order valence-corrected chi connectivity index (χ3v) is 4.75. The van der Waals surface area contributed by atoms with Crippen molar-refractivity contribution in [3.8, 4) is 0 Å². The Hall–Kier alpha value is -4.00. The van der Waals surface area contributed by atoms with Crippen LogP contribution in [0.15, 0.2) is 78.9 Å². The minimum absolute atomic E-state index is 0.0585. The molecule has 0 bridgehead atoms. The minimum Gasteiger partial charge on any atom is -0.443 e. The first-order valence-corrected chi connectivity index (χ1v) is 10.3. The number of ether oxygens (including phenoxy) is 2. The molecule has 0 atom stereocenters. The normalized spacial score (nSPS) is 10.5. The Morgan fingerprint density at radius 2 is 1.44 bits per heavy atom. The Kier molecular flexibility index (Phi) is 7.70. The van der Waals surface area contributed by atoms with E-state index in [1.165, 1.54) is 0 Å². The number of nitrogens with zero attached hydrogens (tertiary/aromatic N) is 1. The van der Waals surface area contributed by atoms with Crippen LogP contribution in [0, 0.1) is 0 Å². The number of amides is 2. The molecule has 0 saturated heterocycles. The van der Waals surface area contributed by atoms with Crippen LogP contribution in [-0.4, -0.2) is 12.2 Å². The second-order valence-electron chi connectivity index (χ2n) is 7.52. The molecule has 0 fully saturated rings. The fourth-order valence-electron chi connectivity index (χ4n) is 3.05. The number of hydrazine groups is 1.